The quantitative estimate of drug-likeness (QED) is 0.567. The smallest absolute Gasteiger partial charge is 0.234 e. The molecule has 0 aromatic carbocycles. The monoisotopic (exact) mass is 265 g/mol. The third-order valence-corrected chi connectivity index (χ3v) is 3.41. The van der Waals surface area contributed by atoms with E-state index < -0.39 is 0 Å². The number of amides is 1. The van der Waals surface area contributed by atoms with Crippen LogP contribution in [0.25, 0.3) is 0 Å². The van der Waals surface area contributed by atoms with Gasteiger partial charge in [-0.15, -0.1) is 0 Å². The molecule has 14 heavy (non-hydrogen) atoms. The molecule has 0 bridgehead atoms. The van der Waals surface area contributed by atoms with Crippen molar-refractivity contribution in [2.45, 2.75) is 44.5 Å². The lowest BCUT2D eigenvalue weighted by Crippen LogP contribution is -2.34. The van der Waals surface area contributed by atoms with E-state index in [2.05, 4.69) is 21.2 Å². The van der Waals surface area contributed by atoms with Gasteiger partial charge in [-0.2, -0.15) is 0 Å². The molecule has 3 nitrogen and oxygen atoms in total. The van der Waals surface area contributed by atoms with Gasteiger partial charge in [0.2, 0.25) is 5.91 Å². The summed E-state index contributed by atoms with van der Waals surface area (Å²) in [7, 11) is 0. The van der Waals surface area contributed by atoms with Crippen molar-refractivity contribution in [2.75, 3.05) is 6.54 Å². The van der Waals surface area contributed by atoms with Crippen molar-refractivity contribution < 1.29 is 9.90 Å². The molecule has 2 unspecified atom stereocenters. The van der Waals surface area contributed by atoms with Crippen LogP contribution in [0.1, 0.15) is 33.6 Å². The predicted molar refractivity (Wildman–Crippen MR) is 61.5 cm³/mol. The van der Waals surface area contributed by atoms with Crippen molar-refractivity contribution >= 4 is 21.8 Å². The third kappa shape index (κ3) is 6.38. The largest absolute Gasteiger partial charge is 0.393 e. The summed E-state index contributed by atoms with van der Waals surface area (Å²) in [6, 6.07) is 0. The first-order valence-corrected chi connectivity index (χ1v) is 5.96. The summed E-state index contributed by atoms with van der Waals surface area (Å²) in [5.74, 6) is 0.331. The number of aliphatic hydroxyl groups excluding tert-OH is 1. The summed E-state index contributed by atoms with van der Waals surface area (Å²) in [5, 5.41) is 11.8. The van der Waals surface area contributed by atoms with Crippen LogP contribution in [0, 0.1) is 5.92 Å². The van der Waals surface area contributed by atoms with E-state index in [1.807, 2.05) is 13.8 Å². The van der Waals surface area contributed by atoms with E-state index in [9.17, 15) is 4.79 Å². The Balaban J connectivity index is 3.54. The molecule has 0 aromatic rings. The van der Waals surface area contributed by atoms with E-state index >= 15 is 0 Å². The average Bonchev–Trinajstić information content (AvgIpc) is 2.10. The summed E-state index contributed by atoms with van der Waals surface area (Å²) < 4.78 is 0. The number of nitrogens with one attached hydrogen (secondary N) is 1. The first-order valence-electron chi connectivity index (χ1n) is 5.05. The highest BCUT2D eigenvalue weighted by Crippen LogP contribution is 2.11. The van der Waals surface area contributed by atoms with Crippen LogP contribution in [0.15, 0.2) is 0 Å². The molecule has 0 aliphatic rings. The molecule has 0 spiro atoms. The summed E-state index contributed by atoms with van der Waals surface area (Å²) in [4.78, 5) is 11.3. The van der Waals surface area contributed by atoms with E-state index in [0.29, 0.717) is 12.5 Å². The number of hydrogen-bond acceptors (Lipinski definition) is 2. The van der Waals surface area contributed by atoms with E-state index in [4.69, 9.17) is 5.11 Å². The van der Waals surface area contributed by atoms with Gasteiger partial charge in [0.05, 0.1) is 10.9 Å². The maximum atomic E-state index is 11.4. The predicted octanol–water partition coefficient (Wildman–Crippen LogP) is 1.68. The highest BCUT2D eigenvalue weighted by Gasteiger charge is 2.17. The molecule has 0 aliphatic carbocycles. The van der Waals surface area contributed by atoms with Gasteiger partial charge in [-0.05, 0) is 25.7 Å². The molecule has 0 fully saturated rings. The number of alkyl halides is 1. The van der Waals surface area contributed by atoms with Gasteiger partial charge >= 0.3 is 0 Å². The molecule has 84 valence electrons. The zero-order valence-corrected chi connectivity index (χ0v) is 10.7. The normalized spacial score (nSPS) is 15.3. The van der Waals surface area contributed by atoms with Gasteiger partial charge in [0.15, 0.2) is 0 Å². The summed E-state index contributed by atoms with van der Waals surface area (Å²) in [5.41, 5.74) is 0. The van der Waals surface area contributed by atoms with Crippen molar-refractivity contribution in [3.05, 3.63) is 0 Å². The number of carbonyl (C=O) groups excluding carboxylic acids is 1. The van der Waals surface area contributed by atoms with Crippen LogP contribution < -0.4 is 5.32 Å². The maximum absolute atomic E-state index is 11.4. The number of halogens is 1. The highest BCUT2D eigenvalue weighted by atomic mass is 79.9. The van der Waals surface area contributed by atoms with Gasteiger partial charge in [0.25, 0.3) is 0 Å². The van der Waals surface area contributed by atoms with Crippen LogP contribution in [-0.4, -0.2) is 28.5 Å². The van der Waals surface area contributed by atoms with Crippen LogP contribution in [0.5, 0.6) is 0 Å². The zero-order chi connectivity index (χ0) is 11.1. The molecule has 2 atom stereocenters. The molecule has 0 radical (unpaired) electrons. The topological polar surface area (TPSA) is 49.3 Å². The highest BCUT2D eigenvalue weighted by molar-refractivity contribution is 9.10. The molecule has 0 saturated carbocycles. The van der Waals surface area contributed by atoms with Crippen molar-refractivity contribution in [2.24, 2.45) is 5.92 Å². The van der Waals surface area contributed by atoms with Crippen molar-refractivity contribution in [1.82, 2.24) is 5.32 Å². The number of hydrogen-bond donors (Lipinski definition) is 2. The number of rotatable bonds is 6. The minimum Gasteiger partial charge on any atom is -0.393 e. The van der Waals surface area contributed by atoms with Gasteiger partial charge in [0, 0.05) is 6.54 Å². The zero-order valence-electron chi connectivity index (χ0n) is 9.09. The molecule has 2 N–H and O–H groups in total. The first kappa shape index (κ1) is 13.9. The lowest BCUT2D eigenvalue weighted by Gasteiger charge is -2.13. The Morgan fingerprint density at radius 1 is 1.43 bits per heavy atom. The van der Waals surface area contributed by atoms with Crippen molar-refractivity contribution in [3.8, 4) is 0 Å². The Morgan fingerprint density at radius 3 is 2.43 bits per heavy atom. The molecule has 0 aliphatic heterocycles. The molecule has 4 heteroatoms. The van der Waals surface area contributed by atoms with Crippen LogP contribution in [0.4, 0.5) is 0 Å². The molecule has 0 aromatic heterocycles. The standard InChI is InChI=1S/C10H20BrNO2/c1-7(2)9(11)10(14)12-6-4-5-8(3)13/h7-9,13H,4-6H2,1-3H3,(H,12,14). The third-order valence-electron chi connectivity index (χ3n) is 1.93. The Kier molecular flexibility index (Phi) is 7.19. The second kappa shape index (κ2) is 7.23. The fraction of sp³-hybridized carbons (Fsp3) is 0.900. The van der Waals surface area contributed by atoms with Crippen LogP contribution in [0.2, 0.25) is 0 Å². The molecule has 0 saturated heterocycles. The van der Waals surface area contributed by atoms with E-state index in [1.165, 1.54) is 0 Å². The minimum atomic E-state index is -0.281. The molecular weight excluding hydrogens is 246 g/mol. The van der Waals surface area contributed by atoms with E-state index in [-0.39, 0.29) is 16.8 Å². The SMILES string of the molecule is CC(O)CCCNC(=O)C(Br)C(C)C. The van der Waals surface area contributed by atoms with Crippen LogP contribution >= 0.6 is 15.9 Å². The summed E-state index contributed by atoms with van der Waals surface area (Å²) in [6.45, 7) is 6.38. The lowest BCUT2D eigenvalue weighted by molar-refractivity contribution is -0.121. The Hall–Kier alpha value is -0.0900. The summed E-state index contributed by atoms with van der Waals surface area (Å²) in [6.07, 6.45) is 1.27. The van der Waals surface area contributed by atoms with Gasteiger partial charge in [0.1, 0.15) is 0 Å². The van der Waals surface area contributed by atoms with Gasteiger partial charge < -0.3 is 10.4 Å². The minimum absolute atomic E-state index is 0.0330. The number of carbonyl (C=O) groups is 1. The Morgan fingerprint density at radius 2 is 2.00 bits per heavy atom. The van der Waals surface area contributed by atoms with Crippen LogP contribution in [0.3, 0.4) is 0 Å². The van der Waals surface area contributed by atoms with Crippen molar-refractivity contribution in [3.63, 3.8) is 0 Å². The first-order chi connectivity index (χ1) is 6.45. The second-order valence-electron chi connectivity index (χ2n) is 3.93. The lowest BCUT2D eigenvalue weighted by atomic mass is 10.1. The average molecular weight is 266 g/mol. The Bertz CT molecular complexity index is 172. The van der Waals surface area contributed by atoms with E-state index in [1.54, 1.807) is 6.92 Å². The summed E-state index contributed by atoms with van der Waals surface area (Å²) >= 11 is 3.33. The van der Waals surface area contributed by atoms with Crippen molar-refractivity contribution in [1.29, 1.82) is 0 Å². The van der Waals surface area contributed by atoms with Gasteiger partial charge in [-0.3, -0.25) is 4.79 Å². The fourth-order valence-corrected chi connectivity index (χ4v) is 1.17. The van der Waals surface area contributed by atoms with E-state index in [0.717, 1.165) is 12.8 Å². The van der Waals surface area contributed by atoms with Crippen LogP contribution in [-0.2, 0) is 4.79 Å². The molecule has 1 amide bonds. The molecule has 0 rings (SSSR count). The number of aliphatic hydroxyl groups is 1. The second-order valence-corrected chi connectivity index (χ2v) is 4.91. The molecule has 0 heterocycles. The Labute approximate surface area is 94.4 Å². The van der Waals surface area contributed by atoms with Gasteiger partial charge in [-0.25, -0.2) is 0 Å². The fourth-order valence-electron chi connectivity index (χ4n) is 1.01. The molecular formula is C10H20BrNO2. The van der Waals surface area contributed by atoms with Gasteiger partial charge in [-0.1, -0.05) is 29.8 Å². The maximum Gasteiger partial charge on any atom is 0.234 e.